The van der Waals surface area contributed by atoms with E-state index in [4.69, 9.17) is 5.11 Å². The highest BCUT2D eigenvalue weighted by atomic mass is 16.3. The van der Waals surface area contributed by atoms with Crippen LogP contribution in [0.25, 0.3) is 6.08 Å². The van der Waals surface area contributed by atoms with E-state index in [1.807, 2.05) is 42.5 Å². The molecule has 0 unspecified atom stereocenters. The lowest BCUT2D eigenvalue weighted by Crippen LogP contribution is -2.36. The van der Waals surface area contributed by atoms with Crippen molar-refractivity contribution in [1.29, 1.82) is 0 Å². The standard InChI is InChI=1S/C16H22N2O3/c1-14(20)17-10-9-16(21)18(12-13-19)11-5-8-15-6-3-2-4-7-15/h2-8,19H,9-13H2,1H3,(H,17,20). The summed E-state index contributed by atoms with van der Waals surface area (Å²) in [5, 5.41) is 11.6. The minimum absolute atomic E-state index is 0.0783. The quantitative estimate of drug-likeness (QED) is 0.752. The van der Waals surface area contributed by atoms with E-state index in [0.29, 0.717) is 13.1 Å². The van der Waals surface area contributed by atoms with Crippen LogP contribution in [0.4, 0.5) is 0 Å². The number of benzene rings is 1. The molecule has 1 aromatic carbocycles. The third-order valence-electron chi connectivity index (χ3n) is 2.87. The van der Waals surface area contributed by atoms with Gasteiger partial charge in [0.15, 0.2) is 0 Å². The molecule has 2 amide bonds. The molecule has 0 bridgehead atoms. The van der Waals surface area contributed by atoms with Crippen molar-refractivity contribution in [3.05, 3.63) is 42.0 Å². The number of amides is 2. The van der Waals surface area contributed by atoms with Crippen LogP contribution in [-0.2, 0) is 9.59 Å². The van der Waals surface area contributed by atoms with Gasteiger partial charge in [0.25, 0.3) is 0 Å². The van der Waals surface area contributed by atoms with Crippen LogP contribution in [0.3, 0.4) is 0 Å². The second-order valence-electron chi connectivity index (χ2n) is 4.61. The Morgan fingerprint density at radius 1 is 1.29 bits per heavy atom. The van der Waals surface area contributed by atoms with Gasteiger partial charge in [-0.25, -0.2) is 0 Å². The largest absolute Gasteiger partial charge is 0.395 e. The number of aliphatic hydroxyl groups is 1. The van der Waals surface area contributed by atoms with Gasteiger partial charge in [0.2, 0.25) is 11.8 Å². The number of nitrogens with one attached hydrogen (secondary N) is 1. The molecule has 1 rings (SSSR count). The maximum absolute atomic E-state index is 12.0. The smallest absolute Gasteiger partial charge is 0.224 e. The molecule has 0 saturated carbocycles. The second kappa shape index (κ2) is 9.72. The van der Waals surface area contributed by atoms with Crippen LogP contribution in [0.2, 0.25) is 0 Å². The van der Waals surface area contributed by atoms with Crippen molar-refractivity contribution in [2.24, 2.45) is 0 Å². The maximum atomic E-state index is 12.0. The summed E-state index contributed by atoms with van der Waals surface area (Å²) in [7, 11) is 0. The van der Waals surface area contributed by atoms with Crippen molar-refractivity contribution < 1.29 is 14.7 Å². The molecule has 0 fully saturated rings. The van der Waals surface area contributed by atoms with Gasteiger partial charge in [-0.05, 0) is 5.56 Å². The topological polar surface area (TPSA) is 69.6 Å². The minimum Gasteiger partial charge on any atom is -0.395 e. The molecule has 0 atom stereocenters. The summed E-state index contributed by atoms with van der Waals surface area (Å²) in [5.41, 5.74) is 1.06. The minimum atomic E-state index is -0.152. The van der Waals surface area contributed by atoms with E-state index in [0.717, 1.165) is 5.56 Å². The van der Waals surface area contributed by atoms with Gasteiger partial charge in [-0.15, -0.1) is 0 Å². The first-order valence-electron chi connectivity index (χ1n) is 6.98. The maximum Gasteiger partial charge on any atom is 0.224 e. The summed E-state index contributed by atoms with van der Waals surface area (Å²) in [5.74, 6) is -0.240. The molecule has 0 saturated heterocycles. The van der Waals surface area contributed by atoms with Crippen molar-refractivity contribution in [3.8, 4) is 0 Å². The zero-order valence-corrected chi connectivity index (χ0v) is 12.3. The Kier molecular flexibility index (Phi) is 7.82. The Labute approximate surface area is 125 Å². The number of nitrogens with zero attached hydrogens (tertiary/aromatic N) is 1. The fourth-order valence-corrected chi connectivity index (χ4v) is 1.82. The molecule has 114 valence electrons. The molecular formula is C16H22N2O3. The summed E-state index contributed by atoms with van der Waals surface area (Å²) in [6, 6.07) is 9.80. The number of hydrogen-bond donors (Lipinski definition) is 2. The molecule has 0 aliphatic rings. The van der Waals surface area contributed by atoms with Crippen molar-refractivity contribution in [1.82, 2.24) is 10.2 Å². The average molecular weight is 290 g/mol. The second-order valence-corrected chi connectivity index (χ2v) is 4.61. The first kappa shape index (κ1) is 16.9. The predicted molar refractivity (Wildman–Crippen MR) is 82.4 cm³/mol. The molecule has 0 aliphatic carbocycles. The zero-order chi connectivity index (χ0) is 15.5. The van der Waals surface area contributed by atoms with Crippen LogP contribution >= 0.6 is 0 Å². The SMILES string of the molecule is CC(=O)NCCC(=O)N(CC=Cc1ccccc1)CCO. The van der Waals surface area contributed by atoms with E-state index >= 15 is 0 Å². The van der Waals surface area contributed by atoms with E-state index in [-0.39, 0.29) is 31.4 Å². The molecular weight excluding hydrogens is 268 g/mol. The lowest BCUT2D eigenvalue weighted by atomic mass is 10.2. The highest BCUT2D eigenvalue weighted by molar-refractivity contribution is 5.78. The monoisotopic (exact) mass is 290 g/mol. The zero-order valence-electron chi connectivity index (χ0n) is 12.3. The van der Waals surface area contributed by atoms with Gasteiger partial charge < -0.3 is 15.3 Å². The van der Waals surface area contributed by atoms with E-state index in [2.05, 4.69) is 5.32 Å². The molecule has 1 aromatic rings. The van der Waals surface area contributed by atoms with E-state index in [1.165, 1.54) is 6.92 Å². The molecule has 0 aliphatic heterocycles. The van der Waals surface area contributed by atoms with Gasteiger partial charge in [-0.1, -0.05) is 42.5 Å². The van der Waals surface area contributed by atoms with Gasteiger partial charge >= 0.3 is 0 Å². The van der Waals surface area contributed by atoms with Crippen molar-refractivity contribution in [2.45, 2.75) is 13.3 Å². The van der Waals surface area contributed by atoms with Gasteiger partial charge in [-0.3, -0.25) is 9.59 Å². The third-order valence-corrected chi connectivity index (χ3v) is 2.87. The Hall–Kier alpha value is -2.14. The first-order valence-corrected chi connectivity index (χ1v) is 6.98. The van der Waals surface area contributed by atoms with E-state index in [9.17, 15) is 9.59 Å². The summed E-state index contributed by atoms with van der Waals surface area (Å²) >= 11 is 0. The van der Waals surface area contributed by atoms with Crippen molar-refractivity contribution >= 4 is 17.9 Å². The predicted octanol–water partition coefficient (Wildman–Crippen LogP) is 1.05. The van der Waals surface area contributed by atoms with E-state index in [1.54, 1.807) is 4.90 Å². The highest BCUT2D eigenvalue weighted by Gasteiger charge is 2.11. The van der Waals surface area contributed by atoms with Crippen molar-refractivity contribution in [2.75, 3.05) is 26.2 Å². The first-order chi connectivity index (χ1) is 10.1. The van der Waals surface area contributed by atoms with Crippen LogP contribution in [0, 0.1) is 0 Å². The lowest BCUT2D eigenvalue weighted by Gasteiger charge is -2.20. The molecule has 5 nitrogen and oxygen atoms in total. The summed E-state index contributed by atoms with van der Waals surface area (Å²) < 4.78 is 0. The number of aliphatic hydroxyl groups excluding tert-OH is 1. The number of rotatable bonds is 8. The number of carbonyl (C=O) groups excluding carboxylic acids is 2. The lowest BCUT2D eigenvalue weighted by molar-refractivity contribution is -0.131. The van der Waals surface area contributed by atoms with Gasteiger partial charge in [0.05, 0.1) is 6.61 Å². The molecule has 0 radical (unpaired) electrons. The molecule has 2 N–H and O–H groups in total. The van der Waals surface area contributed by atoms with Gasteiger partial charge in [0.1, 0.15) is 0 Å². The Morgan fingerprint density at radius 2 is 2.00 bits per heavy atom. The Morgan fingerprint density at radius 3 is 2.62 bits per heavy atom. The molecule has 0 aromatic heterocycles. The molecule has 21 heavy (non-hydrogen) atoms. The summed E-state index contributed by atoms with van der Waals surface area (Å²) in [6.45, 7) is 2.38. The van der Waals surface area contributed by atoms with Crippen LogP contribution in [0.5, 0.6) is 0 Å². The molecule has 0 spiro atoms. The Bertz CT molecular complexity index is 472. The normalized spacial score (nSPS) is 10.6. The van der Waals surface area contributed by atoms with Crippen LogP contribution in [-0.4, -0.2) is 48.1 Å². The third kappa shape index (κ3) is 7.27. The number of carbonyl (C=O) groups is 2. The fourth-order valence-electron chi connectivity index (χ4n) is 1.82. The van der Waals surface area contributed by atoms with Crippen LogP contribution in [0.15, 0.2) is 36.4 Å². The molecule has 5 heteroatoms. The average Bonchev–Trinajstić information content (AvgIpc) is 2.47. The molecule has 0 heterocycles. The Balaban J connectivity index is 2.46. The fraction of sp³-hybridized carbons (Fsp3) is 0.375. The van der Waals surface area contributed by atoms with Crippen molar-refractivity contribution in [3.63, 3.8) is 0 Å². The van der Waals surface area contributed by atoms with E-state index < -0.39 is 0 Å². The van der Waals surface area contributed by atoms with Crippen LogP contribution in [0.1, 0.15) is 18.9 Å². The van der Waals surface area contributed by atoms with Crippen LogP contribution < -0.4 is 5.32 Å². The number of hydrogen-bond acceptors (Lipinski definition) is 3. The highest BCUT2D eigenvalue weighted by Crippen LogP contribution is 2.02. The van der Waals surface area contributed by atoms with Gasteiger partial charge in [0, 0.05) is 33.0 Å². The summed E-state index contributed by atoms with van der Waals surface area (Å²) in [4.78, 5) is 24.3. The summed E-state index contributed by atoms with van der Waals surface area (Å²) in [6.07, 6.45) is 4.06. The van der Waals surface area contributed by atoms with Gasteiger partial charge in [-0.2, -0.15) is 0 Å².